The Kier molecular flexibility index (Phi) is 5.84. The van der Waals surface area contributed by atoms with Crippen LogP contribution >= 0.6 is 0 Å². The highest BCUT2D eigenvalue weighted by molar-refractivity contribution is 5.96. The summed E-state index contributed by atoms with van der Waals surface area (Å²) in [7, 11) is 0. The average molecular weight is 405 g/mol. The van der Waals surface area contributed by atoms with Crippen LogP contribution in [-0.4, -0.2) is 49.4 Å². The van der Waals surface area contributed by atoms with E-state index in [1.54, 1.807) is 30.3 Å². The maximum atomic E-state index is 12.9. The van der Waals surface area contributed by atoms with Crippen LogP contribution in [-0.2, 0) is 4.79 Å². The molecule has 2 heterocycles. The number of nitrogens with one attached hydrogen (secondary N) is 1. The summed E-state index contributed by atoms with van der Waals surface area (Å²) in [5.41, 5.74) is 1.84. The number of carbonyl (C=O) groups excluding carboxylic acids is 2. The minimum Gasteiger partial charge on any atom is -0.493 e. The fraction of sp³-hybridized carbons (Fsp3) is 0.348. The second-order valence-corrected chi connectivity index (χ2v) is 7.58. The van der Waals surface area contributed by atoms with Crippen molar-refractivity contribution in [3.8, 4) is 17.6 Å². The standard InChI is InChI=1S/C23H23N3O4/c24-12-17-2-1-3-20(10-17)29-14-16-6-8-26(9-7-16)23(28)18-4-5-22-21(11-18)25-13-19(27)15-30-22/h1-5,10-11,16,25H,6-9,13-15H2. The molecule has 0 spiro atoms. The fourth-order valence-electron chi connectivity index (χ4n) is 3.68. The van der Waals surface area contributed by atoms with Gasteiger partial charge in [0.15, 0.2) is 5.78 Å². The first-order valence-corrected chi connectivity index (χ1v) is 10.1. The third-order valence-electron chi connectivity index (χ3n) is 5.44. The second kappa shape index (κ2) is 8.87. The van der Waals surface area contributed by atoms with Gasteiger partial charge in [0.2, 0.25) is 0 Å². The van der Waals surface area contributed by atoms with Gasteiger partial charge in [0, 0.05) is 18.7 Å². The minimum atomic E-state index is -0.0253. The largest absolute Gasteiger partial charge is 0.493 e. The predicted octanol–water partition coefficient (Wildman–Crippen LogP) is 2.86. The molecule has 0 aromatic heterocycles. The first kappa shape index (κ1) is 19.8. The lowest BCUT2D eigenvalue weighted by Crippen LogP contribution is -2.39. The molecule has 0 saturated carbocycles. The first-order valence-electron chi connectivity index (χ1n) is 10.1. The van der Waals surface area contributed by atoms with E-state index >= 15 is 0 Å². The van der Waals surface area contributed by atoms with Gasteiger partial charge in [0.05, 0.1) is 30.5 Å². The Morgan fingerprint density at radius 2 is 2.07 bits per heavy atom. The van der Waals surface area contributed by atoms with Crippen molar-refractivity contribution in [3.05, 3.63) is 53.6 Å². The summed E-state index contributed by atoms with van der Waals surface area (Å²) in [6.45, 7) is 2.16. The highest BCUT2D eigenvalue weighted by Crippen LogP contribution is 2.29. The number of nitriles is 1. The molecule has 0 bridgehead atoms. The number of hydrogen-bond donors (Lipinski definition) is 1. The summed E-state index contributed by atoms with van der Waals surface area (Å²) < 4.78 is 11.3. The van der Waals surface area contributed by atoms with Gasteiger partial charge in [-0.1, -0.05) is 6.07 Å². The highest BCUT2D eigenvalue weighted by Gasteiger charge is 2.25. The van der Waals surface area contributed by atoms with Gasteiger partial charge in [-0.25, -0.2) is 0 Å². The van der Waals surface area contributed by atoms with Crippen molar-refractivity contribution in [2.45, 2.75) is 12.8 Å². The molecule has 0 aliphatic carbocycles. The molecule has 2 aromatic carbocycles. The molecular weight excluding hydrogens is 382 g/mol. The minimum absolute atomic E-state index is 0.0173. The Labute approximate surface area is 175 Å². The number of rotatable bonds is 4. The first-order chi connectivity index (χ1) is 14.6. The molecule has 1 saturated heterocycles. The number of anilines is 1. The maximum Gasteiger partial charge on any atom is 0.253 e. The van der Waals surface area contributed by atoms with Crippen LogP contribution in [0, 0.1) is 17.2 Å². The van der Waals surface area contributed by atoms with Crippen molar-refractivity contribution >= 4 is 17.4 Å². The number of hydrogen-bond acceptors (Lipinski definition) is 6. The van der Waals surface area contributed by atoms with E-state index < -0.39 is 0 Å². The van der Waals surface area contributed by atoms with Gasteiger partial charge in [0.1, 0.15) is 18.1 Å². The molecule has 1 fully saturated rings. The quantitative estimate of drug-likeness (QED) is 0.841. The molecule has 0 unspecified atom stereocenters. The van der Waals surface area contributed by atoms with Crippen molar-refractivity contribution in [2.24, 2.45) is 5.92 Å². The number of Topliss-reactive ketones (excluding diaryl/α,β-unsaturated/α-hetero) is 1. The maximum absolute atomic E-state index is 12.9. The summed E-state index contributed by atoms with van der Waals surface area (Å²) in [6.07, 6.45) is 1.73. The lowest BCUT2D eigenvalue weighted by atomic mass is 9.97. The topological polar surface area (TPSA) is 91.7 Å². The van der Waals surface area contributed by atoms with E-state index in [0.717, 1.165) is 12.8 Å². The van der Waals surface area contributed by atoms with Gasteiger partial charge < -0.3 is 19.7 Å². The van der Waals surface area contributed by atoms with E-state index in [4.69, 9.17) is 14.7 Å². The Bertz CT molecular complexity index is 990. The van der Waals surface area contributed by atoms with Gasteiger partial charge in [-0.05, 0) is 55.2 Å². The van der Waals surface area contributed by atoms with Crippen LogP contribution in [0.1, 0.15) is 28.8 Å². The summed E-state index contributed by atoms with van der Waals surface area (Å²) in [5.74, 6) is 1.62. The van der Waals surface area contributed by atoms with Crippen LogP contribution in [0.5, 0.6) is 11.5 Å². The third kappa shape index (κ3) is 4.54. The van der Waals surface area contributed by atoms with Crippen LogP contribution in [0.4, 0.5) is 5.69 Å². The Morgan fingerprint density at radius 1 is 1.23 bits per heavy atom. The molecule has 30 heavy (non-hydrogen) atoms. The van der Waals surface area contributed by atoms with Crippen LogP contribution in [0.25, 0.3) is 0 Å². The van der Waals surface area contributed by atoms with E-state index in [-0.39, 0.29) is 24.8 Å². The highest BCUT2D eigenvalue weighted by atomic mass is 16.5. The number of ketones is 1. The van der Waals surface area contributed by atoms with Gasteiger partial charge >= 0.3 is 0 Å². The van der Waals surface area contributed by atoms with E-state index in [1.165, 1.54) is 0 Å². The van der Waals surface area contributed by atoms with Crippen molar-refractivity contribution in [1.29, 1.82) is 5.26 Å². The number of likely N-dealkylation sites (tertiary alicyclic amines) is 1. The molecular formula is C23H23N3O4. The molecule has 154 valence electrons. The smallest absolute Gasteiger partial charge is 0.253 e. The van der Waals surface area contributed by atoms with Gasteiger partial charge in [-0.15, -0.1) is 0 Å². The molecule has 2 aromatic rings. The van der Waals surface area contributed by atoms with E-state index in [2.05, 4.69) is 11.4 Å². The number of ether oxygens (including phenoxy) is 2. The third-order valence-corrected chi connectivity index (χ3v) is 5.44. The lowest BCUT2D eigenvalue weighted by molar-refractivity contribution is -0.119. The SMILES string of the molecule is N#Cc1cccc(OCC2CCN(C(=O)c3ccc4c(c3)NCC(=O)CO4)CC2)c1. The van der Waals surface area contributed by atoms with Gasteiger partial charge in [-0.3, -0.25) is 9.59 Å². The Balaban J connectivity index is 1.31. The van der Waals surface area contributed by atoms with Crippen molar-refractivity contribution < 1.29 is 19.1 Å². The molecule has 0 atom stereocenters. The second-order valence-electron chi connectivity index (χ2n) is 7.58. The Morgan fingerprint density at radius 3 is 2.87 bits per heavy atom. The van der Waals surface area contributed by atoms with Crippen LogP contribution in [0.15, 0.2) is 42.5 Å². The summed E-state index contributed by atoms with van der Waals surface area (Å²) in [4.78, 5) is 26.3. The lowest BCUT2D eigenvalue weighted by Gasteiger charge is -2.32. The molecule has 7 heteroatoms. The monoisotopic (exact) mass is 405 g/mol. The number of benzene rings is 2. The zero-order chi connectivity index (χ0) is 20.9. The summed E-state index contributed by atoms with van der Waals surface area (Å²) >= 11 is 0. The number of piperidine rings is 1. The van der Waals surface area contributed by atoms with Crippen molar-refractivity contribution in [1.82, 2.24) is 4.90 Å². The van der Waals surface area contributed by atoms with Gasteiger partial charge in [-0.2, -0.15) is 5.26 Å². The fourth-order valence-corrected chi connectivity index (χ4v) is 3.68. The Hall–Kier alpha value is -3.53. The van der Waals surface area contributed by atoms with Crippen LogP contribution in [0.2, 0.25) is 0 Å². The number of nitrogens with zero attached hydrogens (tertiary/aromatic N) is 2. The van der Waals surface area contributed by atoms with Crippen molar-refractivity contribution in [3.63, 3.8) is 0 Å². The number of carbonyl (C=O) groups is 2. The van der Waals surface area contributed by atoms with E-state index in [9.17, 15) is 9.59 Å². The van der Waals surface area contributed by atoms with Crippen LogP contribution in [0.3, 0.4) is 0 Å². The molecule has 0 radical (unpaired) electrons. The zero-order valence-electron chi connectivity index (χ0n) is 16.6. The van der Waals surface area contributed by atoms with Gasteiger partial charge in [0.25, 0.3) is 5.91 Å². The molecule has 4 rings (SSSR count). The van der Waals surface area contributed by atoms with E-state index in [1.807, 2.05) is 17.0 Å². The molecule has 1 N–H and O–H groups in total. The number of amides is 1. The van der Waals surface area contributed by atoms with Crippen LogP contribution < -0.4 is 14.8 Å². The summed E-state index contributed by atoms with van der Waals surface area (Å²) in [5, 5.41) is 12.0. The van der Waals surface area contributed by atoms with Crippen molar-refractivity contribution in [2.75, 3.05) is 38.2 Å². The average Bonchev–Trinajstić information content (AvgIpc) is 2.98. The van der Waals surface area contributed by atoms with E-state index in [0.29, 0.717) is 53.9 Å². The zero-order valence-corrected chi connectivity index (χ0v) is 16.6. The normalized spacial score (nSPS) is 16.5. The number of fused-ring (bicyclic) bond motifs is 1. The predicted molar refractivity (Wildman–Crippen MR) is 111 cm³/mol. The summed E-state index contributed by atoms with van der Waals surface area (Å²) in [6, 6.07) is 14.5. The molecule has 2 aliphatic heterocycles. The molecule has 7 nitrogen and oxygen atoms in total. The molecule has 2 aliphatic rings. The molecule has 1 amide bonds.